The number of hydrogen-bond acceptors (Lipinski definition) is 5. The first-order valence-electron chi connectivity index (χ1n) is 10.7. The van der Waals surface area contributed by atoms with E-state index in [0.717, 1.165) is 27.9 Å². The molecule has 1 heterocycles. The van der Waals surface area contributed by atoms with Crippen LogP contribution in [0.1, 0.15) is 46.5 Å². The lowest BCUT2D eigenvalue weighted by Gasteiger charge is -2.23. The highest BCUT2D eigenvalue weighted by atomic mass is 16.5. The minimum absolute atomic E-state index is 0.241. The monoisotopic (exact) mass is 441 g/mol. The number of hydrogen-bond donors (Lipinski definition) is 3. The van der Waals surface area contributed by atoms with Gasteiger partial charge in [0.15, 0.2) is 0 Å². The third kappa shape index (κ3) is 4.38. The maximum atomic E-state index is 13.1. The molecule has 0 saturated heterocycles. The summed E-state index contributed by atoms with van der Waals surface area (Å²) < 4.78 is 4.81. The zero-order chi connectivity index (χ0) is 23.8. The first kappa shape index (κ1) is 22.3. The predicted octanol–water partition coefficient (Wildman–Crippen LogP) is 4.91. The summed E-state index contributed by atoms with van der Waals surface area (Å²) in [5, 5.41) is 6.35. The summed E-state index contributed by atoms with van der Waals surface area (Å²) in [5.74, 6) is -0.695. The molecule has 4 N–H and O–H groups in total. The highest BCUT2D eigenvalue weighted by Crippen LogP contribution is 2.38. The molecule has 0 aliphatic carbocycles. The Morgan fingerprint density at radius 1 is 1.00 bits per heavy atom. The normalized spacial score (nSPS) is 14.4. The molecule has 0 spiro atoms. The van der Waals surface area contributed by atoms with Gasteiger partial charge in [-0.15, -0.1) is 0 Å². The molecule has 33 heavy (non-hydrogen) atoms. The predicted molar refractivity (Wildman–Crippen MR) is 132 cm³/mol. The molecule has 0 bridgehead atoms. The summed E-state index contributed by atoms with van der Waals surface area (Å²) in [4.78, 5) is 25.0. The molecule has 0 radical (unpaired) electrons. The molecule has 1 aliphatic heterocycles. The molecule has 3 aromatic carbocycles. The molecule has 0 fully saturated rings. The van der Waals surface area contributed by atoms with Gasteiger partial charge in [0.05, 0.1) is 29.6 Å². The lowest BCUT2D eigenvalue weighted by Crippen LogP contribution is -2.29. The van der Waals surface area contributed by atoms with Crippen LogP contribution in [0.15, 0.2) is 66.7 Å². The fourth-order valence-electron chi connectivity index (χ4n) is 4.16. The van der Waals surface area contributed by atoms with E-state index in [4.69, 9.17) is 10.5 Å². The van der Waals surface area contributed by atoms with E-state index in [0.29, 0.717) is 22.5 Å². The number of anilines is 2. The van der Waals surface area contributed by atoms with E-state index in [9.17, 15) is 9.59 Å². The SMILES string of the molecule is COC(=O)c1ccc2c(c1)NC(=O)C2=C(Nc1ccc(C(C)(C)N)c(C)c1)c1ccccc1. The Kier molecular flexibility index (Phi) is 5.78. The van der Waals surface area contributed by atoms with E-state index in [1.54, 1.807) is 18.2 Å². The summed E-state index contributed by atoms with van der Waals surface area (Å²) >= 11 is 0. The number of methoxy groups -OCH3 is 1. The summed E-state index contributed by atoms with van der Waals surface area (Å²) in [6, 6.07) is 20.8. The third-order valence-corrected chi connectivity index (χ3v) is 5.69. The van der Waals surface area contributed by atoms with E-state index in [2.05, 4.69) is 10.6 Å². The lowest BCUT2D eigenvalue weighted by atomic mass is 9.91. The number of aryl methyl sites for hydroxylation is 1. The first-order valence-corrected chi connectivity index (χ1v) is 10.7. The van der Waals surface area contributed by atoms with Gasteiger partial charge >= 0.3 is 5.97 Å². The van der Waals surface area contributed by atoms with Crippen molar-refractivity contribution in [3.63, 3.8) is 0 Å². The molecule has 6 heteroatoms. The van der Waals surface area contributed by atoms with Gasteiger partial charge in [0.2, 0.25) is 0 Å². The van der Waals surface area contributed by atoms with Crippen LogP contribution in [0, 0.1) is 6.92 Å². The number of carbonyl (C=O) groups is 2. The van der Waals surface area contributed by atoms with Crippen molar-refractivity contribution in [1.82, 2.24) is 0 Å². The van der Waals surface area contributed by atoms with Crippen molar-refractivity contribution in [3.8, 4) is 0 Å². The zero-order valence-electron chi connectivity index (χ0n) is 19.2. The maximum Gasteiger partial charge on any atom is 0.337 e. The highest BCUT2D eigenvalue weighted by molar-refractivity contribution is 6.37. The average molecular weight is 442 g/mol. The van der Waals surface area contributed by atoms with Crippen LogP contribution in [-0.2, 0) is 15.1 Å². The summed E-state index contributed by atoms with van der Waals surface area (Å²) in [6.45, 7) is 5.97. The lowest BCUT2D eigenvalue weighted by molar-refractivity contribution is -0.110. The minimum Gasteiger partial charge on any atom is -0.465 e. The molecule has 0 saturated carbocycles. The Bertz CT molecular complexity index is 1270. The van der Waals surface area contributed by atoms with Crippen LogP contribution in [0.4, 0.5) is 11.4 Å². The quantitative estimate of drug-likeness (QED) is 0.386. The molecule has 6 nitrogen and oxygen atoms in total. The smallest absolute Gasteiger partial charge is 0.337 e. The Hall–Kier alpha value is -3.90. The van der Waals surface area contributed by atoms with Gasteiger partial charge in [-0.05, 0) is 61.7 Å². The number of benzene rings is 3. The van der Waals surface area contributed by atoms with Crippen molar-refractivity contribution in [3.05, 3.63) is 94.5 Å². The number of esters is 1. The van der Waals surface area contributed by atoms with Crippen LogP contribution in [0.3, 0.4) is 0 Å². The molecule has 4 rings (SSSR count). The van der Waals surface area contributed by atoms with Crippen molar-refractivity contribution in [2.45, 2.75) is 26.3 Å². The number of carbonyl (C=O) groups excluding carboxylic acids is 2. The largest absolute Gasteiger partial charge is 0.465 e. The first-order chi connectivity index (χ1) is 15.7. The average Bonchev–Trinajstić information content (AvgIpc) is 3.11. The molecule has 0 unspecified atom stereocenters. The molecule has 1 aliphatic rings. The van der Waals surface area contributed by atoms with Crippen LogP contribution in [0.25, 0.3) is 11.3 Å². The van der Waals surface area contributed by atoms with E-state index >= 15 is 0 Å². The molecule has 3 aromatic rings. The van der Waals surface area contributed by atoms with Crippen molar-refractivity contribution in [1.29, 1.82) is 0 Å². The summed E-state index contributed by atoms with van der Waals surface area (Å²) in [7, 11) is 1.33. The second kappa shape index (κ2) is 8.56. The van der Waals surface area contributed by atoms with Crippen molar-refractivity contribution in [2.75, 3.05) is 17.7 Å². The number of nitrogens with two attached hydrogens (primary N) is 1. The number of nitrogens with one attached hydrogen (secondary N) is 2. The van der Waals surface area contributed by atoms with Crippen LogP contribution in [0.2, 0.25) is 0 Å². The number of amides is 1. The Balaban J connectivity index is 1.84. The van der Waals surface area contributed by atoms with Crippen LogP contribution < -0.4 is 16.4 Å². The highest BCUT2D eigenvalue weighted by Gasteiger charge is 2.29. The minimum atomic E-state index is -0.454. The van der Waals surface area contributed by atoms with E-state index in [1.165, 1.54) is 7.11 Å². The Morgan fingerprint density at radius 2 is 1.73 bits per heavy atom. The van der Waals surface area contributed by atoms with Crippen molar-refractivity contribution in [2.24, 2.45) is 5.73 Å². The standard InChI is InChI=1S/C27H27N3O3/c1-16-14-19(11-13-21(16)27(2,3)28)29-24(17-8-6-5-7-9-17)23-20-12-10-18(26(32)33-4)15-22(20)30-25(23)31/h5-15,29H,28H2,1-4H3,(H,30,31). The topological polar surface area (TPSA) is 93.4 Å². The molecule has 168 valence electrons. The Labute approximate surface area is 193 Å². The van der Waals surface area contributed by atoms with Crippen LogP contribution >= 0.6 is 0 Å². The molecule has 0 aromatic heterocycles. The van der Waals surface area contributed by atoms with Gasteiger partial charge in [-0.3, -0.25) is 4.79 Å². The van der Waals surface area contributed by atoms with Gasteiger partial charge < -0.3 is 21.1 Å². The van der Waals surface area contributed by atoms with Crippen LogP contribution in [0.5, 0.6) is 0 Å². The molecular formula is C27H27N3O3. The molecule has 1 amide bonds. The Morgan fingerprint density at radius 3 is 2.36 bits per heavy atom. The number of rotatable bonds is 5. The van der Waals surface area contributed by atoms with Gasteiger partial charge in [0.1, 0.15) is 0 Å². The van der Waals surface area contributed by atoms with Crippen LogP contribution in [-0.4, -0.2) is 19.0 Å². The molecule has 0 atom stereocenters. The zero-order valence-corrected chi connectivity index (χ0v) is 19.2. The van der Waals surface area contributed by atoms with E-state index in [1.807, 2.05) is 69.3 Å². The van der Waals surface area contributed by atoms with E-state index in [-0.39, 0.29) is 5.91 Å². The number of fused-ring (bicyclic) bond motifs is 1. The second-order valence-electron chi connectivity index (χ2n) is 8.70. The van der Waals surface area contributed by atoms with Gasteiger partial charge in [0.25, 0.3) is 5.91 Å². The molecular weight excluding hydrogens is 414 g/mol. The second-order valence-corrected chi connectivity index (χ2v) is 8.70. The summed E-state index contributed by atoms with van der Waals surface area (Å²) in [5.41, 5.74) is 12.5. The van der Waals surface area contributed by atoms with Gasteiger partial charge in [-0.1, -0.05) is 42.5 Å². The summed E-state index contributed by atoms with van der Waals surface area (Å²) in [6.07, 6.45) is 0. The maximum absolute atomic E-state index is 13.1. The third-order valence-electron chi connectivity index (χ3n) is 5.69. The van der Waals surface area contributed by atoms with Gasteiger partial charge in [0, 0.05) is 16.8 Å². The fraction of sp³-hybridized carbons (Fsp3) is 0.185. The van der Waals surface area contributed by atoms with Gasteiger partial charge in [-0.25, -0.2) is 4.79 Å². The fourth-order valence-corrected chi connectivity index (χ4v) is 4.16. The van der Waals surface area contributed by atoms with Crippen molar-refractivity contribution >= 4 is 34.5 Å². The van der Waals surface area contributed by atoms with Crippen molar-refractivity contribution < 1.29 is 14.3 Å². The van der Waals surface area contributed by atoms with Gasteiger partial charge in [-0.2, -0.15) is 0 Å². The van der Waals surface area contributed by atoms with E-state index < -0.39 is 11.5 Å². The number of ether oxygens (including phenoxy) is 1.